The van der Waals surface area contributed by atoms with Crippen molar-refractivity contribution in [1.82, 2.24) is 4.98 Å². The van der Waals surface area contributed by atoms with Crippen molar-refractivity contribution in [3.63, 3.8) is 0 Å². The summed E-state index contributed by atoms with van der Waals surface area (Å²) in [5.41, 5.74) is 0.833. The first-order chi connectivity index (χ1) is 7.13. The Kier molecular flexibility index (Phi) is 4.15. The van der Waals surface area contributed by atoms with Gasteiger partial charge in [-0.2, -0.15) is 0 Å². The third-order valence-electron chi connectivity index (χ3n) is 2.18. The van der Waals surface area contributed by atoms with Crippen LogP contribution in [0, 0.1) is 0 Å². The third kappa shape index (κ3) is 2.46. The highest BCUT2D eigenvalue weighted by Crippen LogP contribution is 2.18. The number of para-hydroxylation sites is 1. The van der Waals surface area contributed by atoms with Crippen molar-refractivity contribution in [2.24, 2.45) is 0 Å². The molecule has 0 bridgehead atoms. The van der Waals surface area contributed by atoms with Crippen molar-refractivity contribution in [2.75, 3.05) is 5.75 Å². The van der Waals surface area contributed by atoms with Crippen molar-refractivity contribution in [2.45, 2.75) is 5.03 Å². The minimum Gasteiger partial charge on any atom is -0.346 e. The molecule has 1 aromatic heterocycles. The zero-order valence-corrected chi connectivity index (χ0v) is 11.7. The van der Waals surface area contributed by atoms with E-state index in [9.17, 15) is 8.42 Å². The monoisotopic (exact) mass is 349 g/mol. The van der Waals surface area contributed by atoms with Crippen LogP contribution in [0.15, 0.2) is 48.0 Å². The highest BCUT2D eigenvalue weighted by Gasteiger charge is 2.14. The average Bonchev–Trinajstić information content (AvgIpc) is 2.61. The maximum absolute atomic E-state index is 11.7. The molecule has 0 aliphatic carbocycles. The summed E-state index contributed by atoms with van der Waals surface area (Å²) in [6.45, 7) is 3.43. The van der Waals surface area contributed by atoms with Crippen molar-refractivity contribution in [3.8, 4) is 0 Å². The van der Waals surface area contributed by atoms with E-state index in [-0.39, 0.29) is 34.8 Å². The number of benzene rings is 1. The lowest BCUT2D eigenvalue weighted by Gasteiger charge is -1.95. The van der Waals surface area contributed by atoms with E-state index < -0.39 is 9.84 Å². The average molecular weight is 349 g/mol. The number of aromatic nitrogens is 1. The van der Waals surface area contributed by atoms with Crippen LogP contribution in [0.1, 0.15) is 0 Å². The molecule has 0 amide bonds. The number of nitrogens with one attached hydrogen (secondary N) is 1. The summed E-state index contributed by atoms with van der Waals surface area (Å²) in [6, 6.07) is 9.11. The molecule has 0 spiro atoms. The molecule has 5 heteroatoms. The van der Waals surface area contributed by atoms with E-state index >= 15 is 0 Å². The number of aromatic amines is 1. The predicted octanol–water partition coefficient (Wildman–Crippen LogP) is 2.75. The molecule has 1 N–H and O–H groups in total. The van der Waals surface area contributed by atoms with Gasteiger partial charge in [0.2, 0.25) is 0 Å². The first kappa shape index (κ1) is 13.2. The standard InChI is InChI=1S/C11H11NO2S.HI/c1-2-7-15(13,14)11-8-9-5-3-4-6-10(9)12-11;/h2-6,8,12H,1,7H2;1H. The summed E-state index contributed by atoms with van der Waals surface area (Å²) in [7, 11) is -3.25. The Hall–Kier alpha value is -0.820. The second kappa shape index (κ2) is 5.01. The highest BCUT2D eigenvalue weighted by atomic mass is 127. The fourth-order valence-electron chi connectivity index (χ4n) is 1.46. The van der Waals surface area contributed by atoms with Crippen LogP contribution in [0.2, 0.25) is 0 Å². The normalized spacial score (nSPS) is 11.0. The van der Waals surface area contributed by atoms with E-state index in [0.29, 0.717) is 0 Å². The van der Waals surface area contributed by atoms with Gasteiger partial charge in [-0.15, -0.1) is 30.6 Å². The first-order valence-electron chi connectivity index (χ1n) is 4.55. The van der Waals surface area contributed by atoms with E-state index in [1.54, 1.807) is 6.07 Å². The van der Waals surface area contributed by atoms with Gasteiger partial charge in [0, 0.05) is 10.9 Å². The molecule has 0 aliphatic heterocycles. The van der Waals surface area contributed by atoms with Gasteiger partial charge in [0.15, 0.2) is 9.84 Å². The maximum atomic E-state index is 11.7. The first-order valence-corrected chi connectivity index (χ1v) is 6.20. The van der Waals surface area contributed by atoms with Crippen LogP contribution in [0.25, 0.3) is 10.9 Å². The van der Waals surface area contributed by atoms with Gasteiger partial charge in [-0.25, -0.2) is 8.42 Å². The van der Waals surface area contributed by atoms with Gasteiger partial charge in [-0.1, -0.05) is 24.3 Å². The molecule has 0 radical (unpaired) electrons. The van der Waals surface area contributed by atoms with Gasteiger partial charge in [0.1, 0.15) is 5.03 Å². The van der Waals surface area contributed by atoms with Crippen LogP contribution in [0.5, 0.6) is 0 Å². The summed E-state index contributed by atoms with van der Waals surface area (Å²) in [5.74, 6) is -0.0418. The molecule has 0 aliphatic rings. The predicted molar refractivity (Wildman–Crippen MR) is 76.0 cm³/mol. The van der Waals surface area contributed by atoms with E-state index in [4.69, 9.17) is 0 Å². The minimum absolute atomic E-state index is 0. The lowest BCUT2D eigenvalue weighted by Crippen LogP contribution is -2.04. The zero-order valence-electron chi connectivity index (χ0n) is 8.51. The fraction of sp³-hybridized carbons (Fsp3) is 0.0909. The number of fused-ring (bicyclic) bond motifs is 1. The van der Waals surface area contributed by atoms with E-state index in [0.717, 1.165) is 10.9 Å². The molecule has 3 nitrogen and oxygen atoms in total. The van der Waals surface area contributed by atoms with Gasteiger partial charge < -0.3 is 4.98 Å². The largest absolute Gasteiger partial charge is 0.346 e. The number of halogens is 1. The summed E-state index contributed by atoms with van der Waals surface area (Å²) >= 11 is 0. The lowest BCUT2D eigenvalue weighted by atomic mass is 10.3. The molecular weight excluding hydrogens is 337 g/mol. The molecule has 16 heavy (non-hydrogen) atoms. The third-order valence-corrected chi connectivity index (χ3v) is 3.74. The van der Waals surface area contributed by atoms with Gasteiger partial charge in [0.25, 0.3) is 0 Å². The summed E-state index contributed by atoms with van der Waals surface area (Å²) in [6.07, 6.45) is 1.39. The molecule has 0 atom stereocenters. The number of hydrogen-bond acceptors (Lipinski definition) is 2. The quantitative estimate of drug-likeness (QED) is 0.684. The molecule has 0 saturated carbocycles. The molecule has 1 aromatic carbocycles. The van der Waals surface area contributed by atoms with Gasteiger partial charge in [-0.05, 0) is 12.1 Å². The summed E-state index contributed by atoms with van der Waals surface area (Å²) in [5, 5.41) is 1.16. The Balaban J connectivity index is 0.00000128. The van der Waals surface area contributed by atoms with Crippen LogP contribution < -0.4 is 0 Å². The second-order valence-electron chi connectivity index (χ2n) is 3.29. The van der Waals surface area contributed by atoms with Crippen molar-refractivity contribution >= 4 is 44.7 Å². The zero-order chi connectivity index (χ0) is 10.9. The SMILES string of the molecule is C=CCS(=O)(=O)c1cc2ccccc2[nH]1.I. The molecule has 0 unspecified atom stereocenters. The molecule has 2 rings (SSSR count). The van der Waals surface area contributed by atoms with E-state index in [1.165, 1.54) is 6.08 Å². The van der Waals surface area contributed by atoms with Gasteiger partial charge in [0.05, 0.1) is 5.75 Å². The van der Waals surface area contributed by atoms with Gasteiger partial charge >= 0.3 is 0 Å². The Bertz CT molecular complexity index is 568. The Morgan fingerprint density at radius 1 is 1.31 bits per heavy atom. The van der Waals surface area contributed by atoms with Crippen LogP contribution in [0.3, 0.4) is 0 Å². The van der Waals surface area contributed by atoms with Crippen LogP contribution in [0.4, 0.5) is 0 Å². The number of H-pyrrole nitrogens is 1. The maximum Gasteiger partial charge on any atom is 0.197 e. The molecule has 0 saturated heterocycles. The number of rotatable bonds is 3. The van der Waals surface area contributed by atoms with Crippen molar-refractivity contribution in [3.05, 3.63) is 43.0 Å². The van der Waals surface area contributed by atoms with Gasteiger partial charge in [-0.3, -0.25) is 0 Å². The molecular formula is C11H12INO2S. The minimum atomic E-state index is -3.25. The van der Waals surface area contributed by atoms with E-state index in [1.807, 2.05) is 24.3 Å². The van der Waals surface area contributed by atoms with Crippen molar-refractivity contribution in [1.29, 1.82) is 0 Å². The summed E-state index contributed by atoms with van der Waals surface area (Å²) < 4.78 is 23.4. The van der Waals surface area contributed by atoms with Crippen LogP contribution in [-0.2, 0) is 9.84 Å². The molecule has 0 fully saturated rings. The molecule has 1 heterocycles. The second-order valence-corrected chi connectivity index (χ2v) is 5.29. The Morgan fingerprint density at radius 2 is 2.00 bits per heavy atom. The Morgan fingerprint density at radius 3 is 2.62 bits per heavy atom. The lowest BCUT2D eigenvalue weighted by molar-refractivity contribution is 0.596. The topological polar surface area (TPSA) is 49.9 Å². The van der Waals surface area contributed by atoms with Crippen LogP contribution >= 0.6 is 24.0 Å². The number of hydrogen-bond donors (Lipinski definition) is 1. The smallest absolute Gasteiger partial charge is 0.197 e. The molecule has 2 aromatic rings. The number of sulfone groups is 1. The highest BCUT2D eigenvalue weighted by molar-refractivity contribution is 14.0. The van der Waals surface area contributed by atoms with E-state index in [2.05, 4.69) is 11.6 Å². The Labute approximate surface area is 111 Å². The molecule has 86 valence electrons. The fourth-order valence-corrected chi connectivity index (χ4v) is 2.52. The summed E-state index contributed by atoms with van der Waals surface area (Å²) in [4.78, 5) is 2.88. The van der Waals surface area contributed by atoms with Crippen molar-refractivity contribution < 1.29 is 8.42 Å². The van der Waals surface area contributed by atoms with Crippen LogP contribution in [-0.4, -0.2) is 19.2 Å².